The molecule has 102 valence electrons. The maximum atomic E-state index is 11.7. The molecule has 0 unspecified atom stereocenters. The summed E-state index contributed by atoms with van der Waals surface area (Å²) in [6.45, 7) is 3.12. The topological polar surface area (TPSA) is 83.8 Å². The first-order valence-corrected chi connectivity index (χ1v) is 6.04. The zero-order chi connectivity index (χ0) is 14.4. The Hall–Kier alpha value is -2.69. The van der Waals surface area contributed by atoms with Crippen LogP contribution in [0.2, 0.25) is 0 Å². The number of phenolic OH excluding ortho intramolecular Hbond substituents is 1. The highest BCUT2D eigenvalue weighted by atomic mass is 16.4. The van der Waals surface area contributed by atoms with Gasteiger partial charge >= 0.3 is 5.63 Å². The highest BCUT2D eigenvalue weighted by molar-refractivity contribution is 5.87. The Labute approximate surface area is 113 Å². The van der Waals surface area contributed by atoms with Crippen LogP contribution in [0.15, 0.2) is 37.9 Å². The minimum absolute atomic E-state index is 0.0776. The molecule has 2 heterocycles. The van der Waals surface area contributed by atoms with Crippen LogP contribution >= 0.6 is 0 Å². The molecule has 5 heteroatoms. The van der Waals surface area contributed by atoms with Crippen LogP contribution in [-0.2, 0) is 0 Å². The van der Waals surface area contributed by atoms with Gasteiger partial charge in [-0.05, 0) is 32.0 Å². The van der Waals surface area contributed by atoms with Gasteiger partial charge in [-0.3, -0.25) is 0 Å². The van der Waals surface area contributed by atoms with Gasteiger partial charge in [-0.25, -0.2) is 4.79 Å². The summed E-state index contributed by atoms with van der Waals surface area (Å²) in [5.41, 5.74) is 0.431. The Morgan fingerprint density at radius 3 is 2.50 bits per heavy atom. The minimum atomic E-state index is -0.618. The molecule has 2 aromatic heterocycles. The smallest absolute Gasteiger partial charge is 0.343 e. The molecule has 2 N–H and O–H groups in total. The van der Waals surface area contributed by atoms with E-state index in [1.54, 1.807) is 25.1 Å². The van der Waals surface area contributed by atoms with Gasteiger partial charge in [0.15, 0.2) is 11.5 Å². The summed E-state index contributed by atoms with van der Waals surface area (Å²) in [5, 5.41) is 20.2. The summed E-state index contributed by atoms with van der Waals surface area (Å²) in [6.07, 6.45) is 0. The molecule has 1 aromatic carbocycles. The van der Waals surface area contributed by atoms with E-state index in [1.807, 2.05) is 0 Å². The highest BCUT2D eigenvalue weighted by Gasteiger charge is 2.18. The second-order valence-electron chi connectivity index (χ2n) is 4.62. The van der Waals surface area contributed by atoms with Crippen LogP contribution in [-0.4, -0.2) is 10.2 Å². The van der Waals surface area contributed by atoms with Crippen molar-refractivity contribution in [2.75, 3.05) is 0 Å². The molecule has 3 rings (SSSR count). The lowest BCUT2D eigenvalue weighted by Crippen LogP contribution is -2.05. The molecule has 5 nitrogen and oxygen atoms in total. The molecule has 0 bridgehead atoms. The summed E-state index contributed by atoms with van der Waals surface area (Å²) in [4.78, 5) is 11.7. The van der Waals surface area contributed by atoms with E-state index < -0.39 is 5.63 Å². The van der Waals surface area contributed by atoms with Gasteiger partial charge < -0.3 is 19.0 Å². The number of furan rings is 1. The molecule has 0 aliphatic carbocycles. The van der Waals surface area contributed by atoms with Crippen LogP contribution in [0.4, 0.5) is 0 Å². The van der Waals surface area contributed by atoms with Crippen LogP contribution in [0.1, 0.15) is 11.1 Å². The number of rotatable bonds is 1. The van der Waals surface area contributed by atoms with Crippen molar-refractivity contribution in [1.82, 2.24) is 0 Å². The third-order valence-corrected chi connectivity index (χ3v) is 3.31. The van der Waals surface area contributed by atoms with Crippen molar-refractivity contribution in [3.63, 3.8) is 0 Å². The molecular weight excluding hydrogens is 260 g/mol. The fourth-order valence-corrected chi connectivity index (χ4v) is 2.12. The Morgan fingerprint density at radius 2 is 1.80 bits per heavy atom. The summed E-state index contributed by atoms with van der Waals surface area (Å²) in [5.74, 6) is 0.412. The molecule has 0 saturated carbocycles. The average molecular weight is 272 g/mol. The molecular formula is C15H12O5. The molecule has 20 heavy (non-hydrogen) atoms. The van der Waals surface area contributed by atoms with Gasteiger partial charge in [0.05, 0.1) is 10.9 Å². The maximum Gasteiger partial charge on any atom is 0.343 e. The largest absolute Gasteiger partial charge is 0.507 e. The van der Waals surface area contributed by atoms with Crippen LogP contribution in [0.25, 0.3) is 22.5 Å². The van der Waals surface area contributed by atoms with Crippen LogP contribution < -0.4 is 5.63 Å². The first kappa shape index (κ1) is 12.3. The van der Waals surface area contributed by atoms with Crippen molar-refractivity contribution in [3.8, 4) is 23.0 Å². The molecule has 0 spiro atoms. The lowest BCUT2D eigenvalue weighted by molar-refractivity contribution is 0.433. The van der Waals surface area contributed by atoms with Gasteiger partial charge in [-0.2, -0.15) is 0 Å². The summed E-state index contributed by atoms with van der Waals surface area (Å²) >= 11 is 0. The van der Waals surface area contributed by atoms with Gasteiger partial charge in [0.1, 0.15) is 17.1 Å². The predicted octanol–water partition coefficient (Wildman–Crippen LogP) is 3.08. The first-order valence-electron chi connectivity index (χ1n) is 6.04. The lowest BCUT2D eigenvalue weighted by atomic mass is 10.1. The van der Waals surface area contributed by atoms with E-state index in [-0.39, 0.29) is 28.6 Å². The molecule has 0 atom stereocenters. The van der Waals surface area contributed by atoms with Crippen LogP contribution in [0, 0.1) is 13.8 Å². The number of phenols is 1. The molecule has 0 saturated heterocycles. The highest BCUT2D eigenvalue weighted by Crippen LogP contribution is 2.36. The van der Waals surface area contributed by atoms with E-state index in [0.29, 0.717) is 16.5 Å². The third kappa shape index (κ3) is 1.67. The van der Waals surface area contributed by atoms with Crippen LogP contribution in [0.5, 0.6) is 11.5 Å². The molecule has 0 aliphatic rings. The number of fused-ring (bicyclic) bond motifs is 1. The van der Waals surface area contributed by atoms with Crippen molar-refractivity contribution >= 4 is 11.0 Å². The second-order valence-corrected chi connectivity index (χ2v) is 4.62. The van der Waals surface area contributed by atoms with Gasteiger partial charge in [0, 0.05) is 5.56 Å². The number of hydrogen-bond donors (Lipinski definition) is 2. The minimum Gasteiger partial charge on any atom is -0.507 e. The number of hydrogen-bond acceptors (Lipinski definition) is 5. The number of benzene rings is 1. The van der Waals surface area contributed by atoms with Gasteiger partial charge in [0.2, 0.25) is 0 Å². The maximum absolute atomic E-state index is 11.7. The first-order chi connectivity index (χ1) is 9.49. The lowest BCUT2D eigenvalue weighted by Gasteiger charge is -2.05. The molecule has 0 aliphatic heterocycles. The van der Waals surface area contributed by atoms with Crippen molar-refractivity contribution in [2.45, 2.75) is 13.8 Å². The Balaban J connectivity index is 2.31. The van der Waals surface area contributed by atoms with Gasteiger partial charge in [-0.15, -0.1) is 0 Å². The molecule has 3 aromatic rings. The summed E-state index contributed by atoms with van der Waals surface area (Å²) in [7, 11) is 0. The van der Waals surface area contributed by atoms with E-state index in [9.17, 15) is 15.0 Å². The van der Waals surface area contributed by atoms with Gasteiger partial charge in [0.25, 0.3) is 0 Å². The quantitative estimate of drug-likeness (QED) is 0.711. The van der Waals surface area contributed by atoms with E-state index in [1.165, 1.54) is 13.0 Å². The average Bonchev–Trinajstić information content (AvgIpc) is 2.86. The van der Waals surface area contributed by atoms with Crippen molar-refractivity contribution in [1.29, 1.82) is 0 Å². The molecule has 0 amide bonds. The number of aromatic hydroxyl groups is 2. The third-order valence-electron chi connectivity index (χ3n) is 3.31. The zero-order valence-electron chi connectivity index (χ0n) is 10.9. The Bertz CT molecular complexity index is 870. The fourth-order valence-electron chi connectivity index (χ4n) is 2.12. The monoisotopic (exact) mass is 272 g/mol. The van der Waals surface area contributed by atoms with E-state index in [0.717, 1.165) is 0 Å². The van der Waals surface area contributed by atoms with E-state index in [2.05, 4.69) is 0 Å². The van der Waals surface area contributed by atoms with Crippen molar-refractivity contribution in [2.24, 2.45) is 0 Å². The Morgan fingerprint density at radius 1 is 1.05 bits per heavy atom. The summed E-state index contributed by atoms with van der Waals surface area (Å²) in [6, 6.07) is 6.46. The zero-order valence-corrected chi connectivity index (χ0v) is 10.9. The normalized spacial score (nSPS) is 11.1. The Kier molecular flexibility index (Phi) is 2.57. The van der Waals surface area contributed by atoms with Gasteiger partial charge in [-0.1, -0.05) is 6.07 Å². The second kappa shape index (κ2) is 4.16. The fraction of sp³-hybridized carbons (Fsp3) is 0.133. The molecule has 0 radical (unpaired) electrons. The predicted molar refractivity (Wildman–Crippen MR) is 73.0 cm³/mol. The van der Waals surface area contributed by atoms with Crippen LogP contribution in [0.3, 0.4) is 0 Å². The molecule has 0 fully saturated rings. The van der Waals surface area contributed by atoms with Crippen molar-refractivity contribution < 1.29 is 19.0 Å². The summed E-state index contributed by atoms with van der Waals surface area (Å²) < 4.78 is 10.7. The van der Waals surface area contributed by atoms with E-state index >= 15 is 0 Å². The SMILES string of the molecule is Cc1c(-c2cc3c(O)cccc3o2)oc(=O)c(C)c1O. The van der Waals surface area contributed by atoms with E-state index in [4.69, 9.17) is 8.83 Å². The van der Waals surface area contributed by atoms with Crippen molar-refractivity contribution in [3.05, 3.63) is 45.8 Å². The standard InChI is InChI=1S/C15H12O5/c1-7-13(17)8(2)15(18)20-14(7)12-6-9-10(16)4-3-5-11(9)19-12/h3-6,16-17H,1-2H3.